The molecular formula is C20H18BrNO3. The van der Waals surface area contributed by atoms with Crippen molar-refractivity contribution in [1.29, 1.82) is 0 Å². The molecule has 1 aliphatic carbocycles. The van der Waals surface area contributed by atoms with E-state index in [4.69, 9.17) is 9.15 Å². The third-order valence-electron chi connectivity index (χ3n) is 4.62. The minimum Gasteiger partial charge on any atom is -0.506 e. The molecule has 2 aromatic carbocycles. The number of benzene rings is 2. The van der Waals surface area contributed by atoms with Crippen LogP contribution in [0.2, 0.25) is 0 Å². The summed E-state index contributed by atoms with van der Waals surface area (Å²) >= 11 is 3.42. The summed E-state index contributed by atoms with van der Waals surface area (Å²) in [6.07, 6.45) is 5.90. The maximum absolute atomic E-state index is 10.6. The lowest BCUT2D eigenvalue weighted by Crippen LogP contribution is -1.99. The van der Waals surface area contributed by atoms with Gasteiger partial charge < -0.3 is 14.3 Å². The number of nitrogens with zero attached hydrogens (tertiary/aromatic N) is 1. The van der Waals surface area contributed by atoms with Gasteiger partial charge in [0.25, 0.3) is 0 Å². The molecule has 0 amide bonds. The molecule has 0 unspecified atom stereocenters. The standard InChI is InChI=1S/C20H18BrNO3/c1-24-17-9-5-3-7-15(17)22-11-13-19-12-6-2-4-8-16(12)25-18(19)10-14(21)20(13)23/h3,5,7,9-11,23H,2,4,6,8H2,1H3. The summed E-state index contributed by atoms with van der Waals surface area (Å²) in [5.41, 5.74) is 3.39. The Morgan fingerprint density at radius 3 is 2.88 bits per heavy atom. The van der Waals surface area contributed by atoms with Crippen molar-refractivity contribution in [2.24, 2.45) is 4.99 Å². The highest BCUT2D eigenvalue weighted by Crippen LogP contribution is 2.41. The van der Waals surface area contributed by atoms with E-state index in [2.05, 4.69) is 20.9 Å². The second kappa shape index (κ2) is 6.56. The van der Waals surface area contributed by atoms with Crippen molar-refractivity contribution in [2.45, 2.75) is 25.7 Å². The van der Waals surface area contributed by atoms with Gasteiger partial charge in [0.1, 0.15) is 28.5 Å². The number of hydrogen-bond donors (Lipinski definition) is 1. The third-order valence-corrected chi connectivity index (χ3v) is 5.23. The summed E-state index contributed by atoms with van der Waals surface area (Å²) in [6.45, 7) is 0. The van der Waals surface area contributed by atoms with Crippen molar-refractivity contribution in [2.75, 3.05) is 7.11 Å². The molecule has 5 heteroatoms. The highest BCUT2D eigenvalue weighted by molar-refractivity contribution is 9.10. The Morgan fingerprint density at radius 2 is 2.04 bits per heavy atom. The average molecular weight is 400 g/mol. The van der Waals surface area contributed by atoms with Crippen LogP contribution in [0.25, 0.3) is 11.0 Å². The minimum atomic E-state index is 0.181. The molecule has 0 saturated carbocycles. The van der Waals surface area contributed by atoms with Gasteiger partial charge in [0, 0.05) is 29.1 Å². The first-order valence-electron chi connectivity index (χ1n) is 8.32. The first-order valence-corrected chi connectivity index (χ1v) is 9.11. The predicted molar refractivity (Wildman–Crippen MR) is 102 cm³/mol. The van der Waals surface area contributed by atoms with Gasteiger partial charge in [-0.25, -0.2) is 0 Å². The van der Waals surface area contributed by atoms with E-state index < -0.39 is 0 Å². The lowest BCUT2D eigenvalue weighted by molar-refractivity contribution is 0.416. The van der Waals surface area contributed by atoms with Crippen LogP contribution in [0.5, 0.6) is 11.5 Å². The Bertz CT molecular complexity index is 975. The van der Waals surface area contributed by atoms with Crippen molar-refractivity contribution in [3.8, 4) is 11.5 Å². The Hall–Kier alpha value is -2.27. The quantitative estimate of drug-likeness (QED) is 0.588. The molecule has 25 heavy (non-hydrogen) atoms. The molecule has 0 spiro atoms. The van der Waals surface area contributed by atoms with Crippen LogP contribution >= 0.6 is 15.9 Å². The molecule has 1 N–H and O–H groups in total. The molecule has 0 bridgehead atoms. The van der Waals surface area contributed by atoms with Gasteiger partial charge in [-0.2, -0.15) is 0 Å². The first-order chi connectivity index (χ1) is 12.2. The van der Waals surface area contributed by atoms with E-state index in [9.17, 15) is 5.11 Å². The molecule has 4 rings (SSSR count). The topological polar surface area (TPSA) is 55.0 Å². The molecule has 1 heterocycles. The molecule has 0 saturated heterocycles. The summed E-state index contributed by atoms with van der Waals surface area (Å²) in [6, 6.07) is 9.39. The number of furan rings is 1. The number of methoxy groups -OCH3 is 1. The van der Waals surface area contributed by atoms with Crippen LogP contribution < -0.4 is 4.74 Å². The fraction of sp³-hybridized carbons (Fsp3) is 0.250. The van der Waals surface area contributed by atoms with E-state index in [1.807, 2.05) is 30.3 Å². The molecule has 1 aliphatic rings. The van der Waals surface area contributed by atoms with E-state index in [-0.39, 0.29) is 5.75 Å². The molecule has 0 atom stereocenters. The number of aliphatic imine (C=N–C) groups is 1. The number of aromatic hydroxyl groups is 1. The molecule has 1 aromatic heterocycles. The van der Waals surface area contributed by atoms with Gasteiger partial charge in [-0.3, -0.25) is 4.99 Å². The largest absolute Gasteiger partial charge is 0.506 e. The van der Waals surface area contributed by atoms with Gasteiger partial charge in [-0.05, 0) is 53.4 Å². The van der Waals surface area contributed by atoms with Crippen molar-refractivity contribution in [3.63, 3.8) is 0 Å². The first kappa shape index (κ1) is 16.2. The average Bonchev–Trinajstić information content (AvgIpc) is 3.00. The fourth-order valence-corrected chi connectivity index (χ4v) is 3.83. The second-order valence-corrected chi connectivity index (χ2v) is 6.99. The summed E-state index contributed by atoms with van der Waals surface area (Å²) in [5, 5.41) is 11.6. The van der Waals surface area contributed by atoms with Crippen LogP contribution in [0.3, 0.4) is 0 Å². The van der Waals surface area contributed by atoms with Crippen LogP contribution in [-0.4, -0.2) is 18.4 Å². The number of phenols is 1. The van der Waals surface area contributed by atoms with E-state index in [0.29, 0.717) is 15.8 Å². The van der Waals surface area contributed by atoms with Gasteiger partial charge in [0.2, 0.25) is 0 Å². The smallest absolute Gasteiger partial charge is 0.144 e. The Balaban J connectivity index is 1.90. The van der Waals surface area contributed by atoms with Gasteiger partial charge in [0.15, 0.2) is 0 Å². The summed E-state index contributed by atoms with van der Waals surface area (Å²) < 4.78 is 12.0. The van der Waals surface area contributed by atoms with E-state index in [1.165, 1.54) is 5.56 Å². The molecule has 0 fully saturated rings. The molecule has 0 aliphatic heterocycles. The highest BCUT2D eigenvalue weighted by Gasteiger charge is 2.22. The van der Waals surface area contributed by atoms with Crippen LogP contribution in [0.15, 0.2) is 44.2 Å². The number of fused-ring (bicyclic) bond motifs is 3. The number of rotatable bonds is 3. The Labute approximate surface area is 154 Å². The van der Waals surface area contributed by atoms with Crippen LogP contribution in [0.1, 0.15) is 29.7 Å². The maximum Gasteiger partial charge on any atom is 0.144 e. The zero-order chi connectivity index (χ0) is 17.4. The van der Waals surface area contributed by atoms with Crippen molar-refractivity contribution in [1.82, 2.24) is 0 Å². The van der Waals surface area contributed by atoms with Gasteiger partial charge in [-0.15, -0.1) is 0 Å². The van der Waals surface area contributed by atoms with Gasteiger partial charge >= 0.3 is 0 Å². The highest BCUT2D eigenvalue weighted by atomic mass is 79.9. The molecular weight excluding hydrogens is 382 g/mol. The number of ether oxygens (including phenoxy) is 1. The van der Waals surface area contributed by atoms with E-state index in [1.54, 1.807) is 13.3 Å². The maximum atomic E-state index is 10.6. The van der Waals surface area contributed by atoms with Crippen molar-refractivity contribution < 1.29 is 14.3 Å². The number of aryl methyl sites for hydroxylation is 2. The zero-order valence-electron chi connectivity index (χ0n) is 13.9. The summed E-state index contributed by atoms with van der Waals surface area (Å²) in [7, 11) is 1.62. The second-order valence-electron chi connectivity index (χ2n) is 6.13. The monoisotopic (exact) mass is 399 g/mol. The van der Waals surface area contributed by atoms with Crippen LogP contribution in [0, 0.1) is 0 Å². The Kier molecular flexibility index (Phi) is 4.25. The molecule has 128 valence electrons. The van der Waals surface area contributed by atoms with Crippen molar-refractivity contribution >= 4 is 38.8 Å². The molecule has 0 radical (unpaired) electrons. The number of hydrogen-bond acceptors (Lipinski definition) is 4. The van der Waals surface area contributed by atoms with Gasteiger partial charge in [-0.1, -0.05) is 12.1 Å². The van der Waals surface area contributed by atoms with E-state index in [0.717, 1.165) is 48.1 Å². The van der Waals surface area contributed by atoms with Gasteiger partial charge in [0.05, 0.1) is 11.6 Å². The molecule has 4 nitrogen and oxygen atoms in total. The van der Waals surface area contributed by atoms with Crippen LogP contribution in [-0.2, 0) is 12.8 Å². The lowest BCUT2D eigenvalue weighted by Gasteiger charge is -2.10. The number of para-hydroxylation sites is 2. The zero-order valence-corrected chi connectivity index (χ0v) is 15.5. The number of halogens is 1. The fourth-order valence-electron chi connectivity index (χ4n) is 3.41. The molecule has 3 aromatic rings. The normalized spacial score (nSPS) is 14.2. The SMILES string of the molecule is COc1ccccc1N=Cc1c(O)c(Br)cc2oc3c(c12)CCCC3. The minimum absolute atomic E-state index is 0.181. The Morgan fingerprint density at radius 1 is 1.24 bits per heavy atom. The van der Waals surface area contributed by atoms with Crippen molar-refractivity contribution in [3.05, 3.63) is 51.7 Å². The van der Waals surface area contributed by atoms with E-state index >= 15 is 0 Å². The summed E-state index contributed by atoms with van der Waals surface area (Å²) in [5.74, 6) is 1.91. The number of phenolic OH excluding ortho intramolecular Hbond substituents is 1. The third kappa shape index (κ3) is 2.82. The lowest BCUT2D eigenvalue weighted by atomic mass is 9.94. The summed E-state index contributed by atoms with van der Waals surface area (Å²) in [4.78, 5) is 4.56. The predicted octanol–water partition coefficient (Wildman–Crippen LogP) is 5.54. The van der Waals surface area contributed by atoms with Crippen LogP contribution in [0.4, 0.5) is 5.69 Å².